The van der Waals surface area contributed by atoms with E-state index in [1.807, 2.05) is 32.7 Å². The van der Waals surface area contributed by atoms with Crippen molar-refractivity contribution in [1.82, 2.24) is 19.9 Å². The van der Waals surface area contributed by atoms with Crippen LogP contribution in [-0.2, 0) is 4.74 Å². The van der Waals surface area contributed by atoms with Gasteiger partial charge in [-0.3, -0.25) is 14.5 Å². The fraction of sp³-hybridized carbons (Fsp3) is 0.448. The highest BCUT2D eigenvalue weighted by molar-refractivity contribution is 6.07. The minimum absolute atomic E-state index is 0.00610. The number of amides is 1. The summed E-state index contributed by atoms with van der Waals surface area (Å²) in [7, 11) is 1.95. The molecule has 0 spiro atoms. The molecule has 1 aromatic carbocycles. The Bertz CT molecular complexity index is 1540. The lowest BCUT2D eigenvalue weighted by Gasteiger charge is -2.44. The zero-order chi connectivity index (χ0) is 31.0. The topological polar surface area (TPSA) is 107 Å². The lowest BCUT2D eigenvalue weighted by Crippen LogP contribution is -2.55. The van der Waals surface area contributed by atoms with E-state index in [-0.39, 0.29) is 35.1 Å². The highest BCUT2D eigenvalue weighted by Crippen LogP contribution is 2.39. The first-order chi connectivity index (χ1) is 20.4. The molecule has 0 radical (unpaired) electrons. The number of morpholine rings is 1. The van der Waals surface area contributed by atoms with Crippen LogP contribution in [0.1, 0.15) is 43.1 Å². The number of aromatic nitrogens is 3. The van der Waals surface area contributed by atoms with Gasteiger partial charge >= 0.3 is 0 Å². The van der Waals surface area contributed by atoms with Gasteiger partial charge in [0, 0.05) is 80.1 Å². The van der Waals surface area contributed by atoms with Crippen LogP contribution < -0.4 is 20.7 Å². The summed E-state index contributed by atoms with van der Waals surface area (Å²) >= 11 is 0. The van der Waals surface area contributed by atoms with Gasteiger partial charge in [-0.1, -0.05) is 0 Å². The lowest BCUT2D eigenvalue weighted by molar-refractivity contribution is 0.0526. The molecule has 230 valence electrons. The number of ether oxygens (including phenoxy) is 1. The van der Waals surface area contributed by atoms with E-state index < -0.39 is 46.2 Å². The van der Waals surface area contributed by atoms with E-state index in [9.17, 15) is 18.4 Å². The molecule has 43 heavy (non-hydrogen) atoms. The summed E-state index contributed by atoms with van der Waals surface area (Å²) in [4.78, 5) is 41.6. The van der Waals surface area contributed by atoms with Gasteiger partial charge in [-0.2, -0.15) is 0 Å². The first-order valence-electron chi connectivity index (χ1n) is 13.9. The van der Waals surface area contributed by atoms with Gasteiger partial charge in [0.2, 0.25) is 11.5 Å². The van der Waals surface area contributed by atoms with Crippen LogP contribution in [0.25, 0.3) is 11.1 Å². The second-order valence-corrected chi connectivity index (χ2v) is 11.0. The SMILES string of the molecule is CC1CN(c2ncc(-c3c(F)cc(N4C[C@@H](C)N(C)[C@@H](C)C4)c(NC(=O)c4c[nH]c(=O)cc4C(F)F)c3F)cn2)CCO1. The van der Waals surface area contributed by atoms with Crippen molar-refractivity contribution in [3.63, 3.8) is 0 Å². The Morgan fingerprint density at radius 3 is 2.37 bits per heavy atom. The van der Waals surface area contributed by atoms with Gasteiger partial charge in [0.05, 0.1) is 29.5 Å². The molecule has 0 bridgehead atoms. The van der Waals surface area contributed by atoms with E-state index in [0.29, 0.717) is 44.8 Å². The zero-order valence-corrected chi connectivity index (χ0v) is 24.2. The minimum atomic E-state index is -3.14. The summed E-state index contributed by atoms with van der Waals surface area (Å²) in [5.74, 6) is -2.73. The quantitative estimate of drug-likeness (QED) is 0.407. The van der Waals surface area contributed by atoms with Crippen LogP contribution in [0.15, 0.2) is 35.5 Å². The molecule has 5 rings (SSSR count). The van der Waals surface area contributed by atoms with Gasteiger partial charge in [0.25, 0.3) is 12.3 Å². The molecule has 2 N–H and O–H groups in total. The van der Waals surface area contributed by atoms with Crippen molar-refractivity contribution in [2.24, 2.45) is 0 Å². The average Bonchev–Trinajstić information content (AvgIpc) is 2.97. The number of anilines is 3. The molecule has 3 aromatic rings. The predicted octanol–water partition coefficient (Wildman–Crippen LogP) is 4.05. The number of nitrogens with one attached hydrogen (secondary N) is 2. The average molecular weight is 604 g/mol. The summed E-state index contributed by atoms with van der Waals surface area (Å²) in [5.41, 5.74) is -2.96. The number of likely N-dealkylation sites (N-methyl/N-ethyl adjacent to an activating group) is 1. The molecule has 1 amide bonds. The maximum atomic E-state index is 16.4. The Morgan fingerprint density at radius 1 is 1.07 bits per heavy atom. The third kappa shape index (κ3) is 6.20. The molecule has 1 unspecified atom stereocenters. The Kier molecular flexibility index (Phi) is 8.69. The van der Waals surface area contributed by atoms with Crippen LogP contribution in [0.2, 0.25) is 0 Å². The van der Waals surface area contributed by atoms with E-state index in [0.717, 1.165) is 12.3 Å². The number of piperazine rings is 1. The molecular formula is C29H33F4N7O3. The fourth-order valence-corrected chi connectivity index (χ4v) is 5.50. The van der Waals surface area contributed by atoms with Crippen LogP contribution in [0.4, 0.5) is 34.9 Å². The predicted molar refractivity (Wildman–Crippen MR) is 154 cm³/mol. The number of pyridine rings is 1. The molecule has 0 aliphatic carbocycles. The van der Waals surface area contributed by atoms with E-state index in [2.05, 4.69) is 25.2 Å². The van der Waals surface area contributed by atoms with E-state index in [4.69, 9.17) is 4.74 Å². The van der Waals surface area contributed by atoms with Crippen molar-refractivity contribution in [1.29, 1.82) is 0 Å². The molecule has 2 fully saturated rings. The molecule has 4 heterocycles. The van der Waals surface area contributed by atoms with Crippen molar-refractivity contribution in [2.75, 3.05) is 55.0 Å². The second kappa shape index (κ2) is 12.3. The number of nitrogens with zero attached hydrogens (tertiary/aromatic N) is 5. The third-order valence-electron chi connectivity index (χ3n) is 8.02. The molecule has 2 aliphatic rings. The van der Waals surface area contributed by atoms with E-state index in [1.54, 1.807) is 4.90 Å². The smallest absolute Gasteiger partial charge is 0.264 e. The van der Waals surface area contributed by atoms with Gasteiger partial charge in [-0.15, -0.1) is 0 Å². The largest absolute Gasteiger partial charge is 0.375 e. The molecule has 0 saturated carbocycles. The second-order valence-electron chi connectivity index (χ2n) is 11.0. The Labute approximate surface area is 245 Å². The number of hydrogen-bond acceptors (Lipinski definition) is 8. The molecule has 2 saturated heterocycles. The fourth-order valence-electron chi connectivity index (χ4n) is 5.50. The first-order valence-corrected chi connectivity index (χ1v) is 13.9. The first kappa shape index (κ1) is 30.4. The maximum Gasteiger partial charge on any atom is 0.264 e. The summed E-state index contributed by atoms with van der Waals surface area (Å²) in [5, 5.41) is 2.40. The van der Waals surface area contributed by atoms with Crippen molar-refractivity contribution in [3.05, 3.63) is 63.8 Å². The van der Waals surface area contributed by atoms with Gasteiger partial charge in [0.1, 0.15) is 11.5 Å². The molecular weight excluding hydrogens is 570 g/mol. The van der Waals surface area contributed by atoms with Crippen LogP contribution >= 0.6 is 0 Å². The molecule has 3 atom stereocenters. The number of hydrogen-bond donors (Lipinski definition) is 2. The van der Waals surface area contributed by atoms with E-state index >= 15 is 8.78 Å². The zero-order valence-electron chi connectivity index (χ0n) is 24.2. The Morgan fingerprint density at radius 2 is 1.74 bits per heavy atom. The maximum absolute atomic E-state index is 16.4. The Balaban J connectivity index is 1.57. The lowest BCUT2D eigenvalue weighted by atomic mass is 10.0. The third-order valence-corrected chi connectivity index (χ3v) is 8.02. The van der Waals surface area contributed by atoms with Crippen LogP contribution in [0.3, 0.4) is 0 Å². The normalized spacial score (nSPS) is 21.4. The highest BCUT2D eigenvalue weighted by Gasteiger charge is 2.32. The number of rotatable bonds is 6. The number of halogens is 4. The van der Waals surface area contributed by atoms with Gasteiger partial charge in [0.15, 0.2) is 5.82 Å². The van der Waals surface area contributed by atoms with Gasteiger partial charge in [-0.25, -0.2) is 27.5 Å². The molecule has 14 heteroatoms. The van der Waals surface area contributed by atoms with Gasteiger partial charge < -0.3 is 24.8 Å². The van der Waals surface area contributed by atoms with Crippen molar-refractivity contribution in [2.45, 2.75) is 45.4 Å². The number of alkyl halides is 2. The standard InChI is InChI=1S/C29H33F4N7O3/c1-15-12-40(13-16(2)38(15)4)22-8-21(30)24(18-9-35-29(36-10-18)39-5-6-43-17(3)14-39)25(31)26(22)37-28(42)20-11-34-23(41)7-19(20)27(32)33/h7-11,15-17,27H,5-6,12-14H2,1-4H3,(H,34,41)(H,37,42)/t15-,16+,17?. The summed E-state index contributed by atoms with van der Waals surface area (Å²) in [6, 6.07) is 1.75. The monoisotopic (exact) mass is 603 g/mol. The van der Waals surface area contributed by atoms with Crippen LogP contribution in [-0.4, -0.2) is 83.8 Å². The number of benzene rings is 1. The number of carbonyl (C=O) groups excluding carboxylic acids is 1. The molecule has 2 aromatic heterocycles. The summed E-state index contributed by atoms with van der Waals surface area (Å²) < 4.78 is 65.2. The summed E-state index contributed by atoms with van der Waals surface area (Å²) in [6.07, 6.45) is 0.275. The van der Waals surface area contributed by atoms with Crippen molar-refractivity contribution < 1.29 is 27.1 Å². The van der Waals surface area contributed by atoms with Crippen LogP contribution in [0, 0.1) is 11.6 Å². The van der Waals surface area contributed by atoms with Crippen molar-refractivity contribution in [3.8, 4) is 11.1 Å². The molecule has 10 nitrogen and oxygen atoms in total. The number of carbonyl (C=O) groups is 1. The van der Waals surface area contributed by atoms with Crippen molar-refractivity contribution >= 4 is 23.2 Å². The van der Waals surface area contributed by atoms with Gasteiger partial charge in [-0.05, 0) is 27.8 Å². The van der Waals surface area contributed by atoms with E-state index in [1.165, 1.54) is 12.4 Å². The number of aromatic amines is 1. The Hall–Kier alpha value is -4.04. The number of H-pyrrole nitrogens is 1. The van der Waals surface area contributed by atoms with Crippen LogP contribution in [0.5, 0.6) is 0 Å². The highest BCUT2D eigenvalue weighted by atomic mass is 19.3. The molecule has 2 aliphatic heterocycles. The minimum Gasteiger partial charge on any atom is -0.375 e. The summed E-state index contributed by atoms with van der Waals surface area (Å²) in [6.45, 7) is 8.23.